The Morgan fingerprint density at radius 3 is 2.71 bits per heavy atom. The van der Waals surface area contributed by atoms with Crippen LogP contribution in [0.5, 0.6) is 0 Å². The number of fused-ring (bicyclic) bond motifs is 1. The van der Waals surface area contributed by atoms with E-state index in [1.54, 1.807) is 13.2 Å². The number of nitrogens with zero attached hydrogens (tertiary/aromatic N) is 5. The van der Waals surface area contributed by atoms with E-state index in [9.17, 15) is 0 Å². The van der Waals surface area contributed by atoms with Gasteiger partial charge in [-0.05, 0) is 18.2 Å². The molecule has 0 bridgehead atoms. The highest BCUT2D eigenvalue weighted by atomic mass is 127. The predicted octanol–water partition coefficient (Wildman–Crippen LogP) is 2.20. The quantitative estimate of drug-likeness (QED) is 0.356. The summed E-state index contributed by atoms with van der Waals surface area (Å²) < 4.78 is 3.73. The summed E-state index contributed by atoms with van der Waals surface area (Å²) in [6, 6.07) is 5.68. The van der Waals surface area contributed by atoms with Crippen molar-refractivity contribution in [3.63, 3.8) is 0 Å². The number of aromatic nitrogens is 4. The molecule has 0 fully saturated rings. The fourth-order valence-electron chi connectivity index (χ4n) is 2.25. The van der Waals surface area contributed by atoms with Gasteiger partial charge in [-0.1, -0.05) is 11.6 Å². The lowest BCUT2D eigenvalue weighted by Crippen LogP contribution is -2.36. The molecule has 7 nitrogen and oxygen atoms in total. The second-order valence-electron chi connectivity index (χ2n) is 5.07. The first-order valence-corrected chi connectivity index (χ1v) is 7.58. The zero-order valence-corrected chi connectivity index (χ0v) is 16.5. The number of aryl methyl sites for hydroxylation is 1. The zero-order chi connectivity index (χ0) is 16.2. The summed E-state index contributed by atoms with van der Waals surface area (Å²) in [6.07, 6.45) is 5.56. The van der Waals surface area contributed by atoms with Gasteiger partial charge < -0.3 is 15.0 Å². The zero-order valence-electron chi connectivity index (χ0n) is 13.4. The second kappa shape index (κ2) is 8.34. The van der Waals surface area contributed by atoms with E-state index in [1.165, 1.54) is 0 Å². The highest BCUT2D eigenvalue weighted by molar-refractivity contribution is 14.0. The maximum absolute atomic E-state index is 5.98. The highest BCUT2D eigenvalue weighted by Crippen LogP contribution is 2.11. The van der Waals surface area contributed by atoms with Gasteiger partial charge >= 0.3 is 0 Å². The van der Waals surface area contributed by atoms with E-state index in [0.717, 1.165) is 17.0 Å². The molecule has 0 aromatic carbocycles. The molecule has 0 aliphatic heterocycles. The minimum Gasteiger partial charge on any atom is -0.351 e. The van der Waals surface area contributed by atoms with Crippen LogP contribution in [0.3, 0.4) is 0 Å². The minimum absolute atomic E-state index is 0. The molecule has 24 heavy (non-hydrogen) atoms. The van der Waals surface area contributed by atoms with Crippen molar-refractivity contribution in [2.24, 2.45) is 12.0 Å². The van der Waals surface area contributed by atoms with Gasteiger partial charge in [0.15, 0.2) is 5.96 Å². The van der Waals surface area contributed by atoms with Crippen LogP contribution < -0.4 is 10.6 Å². The largest absolute Gasteiger partial charge is 0.351 e. The van der Waals surface area contributed by atoms with Crippen molar-refractivity contribution in [3.05, 3.63) is 53.2 Å². The summed E-state index contributed by atoms with van der Waals surface area (Å²) in [5.74, 6) is 0.710. The van der Waals surface area contributed by atoms with Gasteiger partial charge in [0, 0.05) is 32.7 Å². The molecule has 2 N–H and O–H groups in total. The van der Waals surface area contributed by atoms with E-state index in [0.29, 0.717) is 24.1 Å². The average molecular weight is 460 g/mol. The average Bonchev–Trinajstić information content (AvgIpc) is 3.13. The number of rotatable bonds is 4. The number of imidazole rings is 1. The van der Waals surface area contributed by atoms with E-state index in [2.05, 4.69) is 25.7 Å². The van der Waals surface area contributed by atoms with E-state index in [4.69, 9.17) is 11.6 Å². The van der Waals surface area contributed by atoms with E-state index >= 15 is 0 Å². The van der Waals surface area contributed by atoms with Gasteiger partial charge in [-0.25, -0.2) is 4.98 Å². The van der Waals surface area contributed by atoms with E-state index in [-0.39, 0.29) is 24.0 Å². The fraction of sp³-hybridized carbons (Fsp3) is 0.267. The van der Waals surface area contributed by atoms with E-state index < -0.39 is 0 Å². The van der Waals surface area contributed by atoms with Crippen LogP contribution in [0.4, 0.5) is 0 Å². The van der Waals surface area contributed by atoms with Crippen LogP contribution in [0.1, 0.15) is 11.4 Å². The summed E-state index contributed by atoms with van der Waals surface area (Å²) in [7, 11) is 3.65. The molecule has 0 saturated carbocycles. The Bertz CT molecular complexity index is 839. The number of aliphatic imine (C=N–C) groups is 1. The van der Waals surface area contributed by atoms with Crippen LogP contribution in [0, 0.1) is 0 Å². The number of halogens is 2. The van der Waals surface area contributed by atoms with Gasteiger partial charge in [0.1, 0.15) is 5.65 Å². The number of hydrogen-bond donors (Lipinski definition) is 2. The fourth-order valence-corrected chi connectivity index (χ4v) is 2.41. The maximum atomic E-state index is 5.98. The summed E-state index contributed by atoms with van der Waals surface area (Å²) in [4.78, 5) is 8.74. The topological polar surface area (TPSA) is 71.5 Å². The van der Waals surface area contributed by atoms with Crippen molar-refractivity contribution in [1.82, 2.24) is 29.8 Å². The SMILES string of the molecule is CN=C(NCc1cn2cc(Cl)ccc2n1)NCc1ccnn1C.I. The van der Waals surface area contributed by atoms with Crippen LogP contribution in [0.25, 0.3) is 5.65 Å². The van der Waals surface area contributed by atoms with Crippen molar-refractivity contribution in [2.75, 3.05) is 7.05 Å². The summed E-state index contributed by atoms with van der Waals surface area (Å²) in [6.45, 7) is 1.22. The van der Waals surface area contributed by atoms with Crippen molar-refractivity contribution < 1.29 is 0 Å². The third-order valence-corrected chi connectivity index (χ3v) is 3.71. The minimum atomic E-state index is 0. The number of hydrogen-bond acceptors (Lipinski definition) is 3. The van der Waals surface area contributed by atoms with Crippen LogP contribution >= 0.6 is 35.6 Å². The number of pyridine rings is 1. The molecular weight excluding hydrogens is 441 g/mol. The smallest absolute Gasteiger partial charge is 0.191 e. The van der Waals surface area contributed by atoms with Gasteiger partial charge in [-0.3, -0.25) is 9.67 Å². The number of guanidine groups is 1. The first-order chi connectivity index (χ1) is 11.2. The molecule has 0 unspecified atom stereocenters. The molecule has 0 aliphatic rings. The summed E-state index contributed by atoms with van der Waals surface area (Å²) in [5.41, 5.74) is 2.86. The standard InChI is InChI=1S/C15H18ClN7.HI/c1-17-15(19-8-13-5-6-20-22(13)2)18-7-12-10-23-9-11(16)3-4-14(23)21-12;/h3-6,9-10H,7-8H2,1-2H3,(H2,17,18,19);1H. The molecule has 9 heteroatoms. The van der Waals surface area contributed by atoms with Crippen molar-refractivity contribution in [2.45, 2.75) is 13.1 Å². The Hall–Kier alpha value is -1.81. The third-order valence-electron chi connectivity index (χ3n) is 3.48. The van der Waals surface area contributed by atoms with Crippen LogP contribution in [0.15, 0.2) is 41.8 Å². The van der Waals surface area contributed by atoms with Gasteiger partial charge in [0.05, 0.1) is 29.5 Å². The summed E-state index contributed by atoms with van der Waals surface area (Å²) >= 11 is 5.98. The molecule has 0 aliphatic carbocycles. The Kier molecular flexibility index (Phi) is 6.44. The Balaban J connectivity index is 0.00000208. The van der Waals surface area contributed by atoms with Crippen LogP contribution in [0.2, 0.25) is 5.02 Å². The normalized spacial score (nSPS) is 11.4. The van der Waals surface area contributed by atoms with Gasteiger partial charge in [-0.2, -0.15) is 5.10 Å². The van der Waals surface area contributed by atoms with Crippen molar-refractivity contribution in [1.29, 1.82) is 0 Å². The molecule has 3 aromatic rings. The Labute approximate surface area is 162 Å². The molecule has 0 spiro atoms. The molecule has 3 heterocycles. The van der Waals surface area contributed by atoms with Gasteiger partial charge in [0.25, 0.3) is 0 Å². The first kappa shape index (κ1) is 18.5. The van der Waals surface area contributed by atoms with Crippen molar-refractivity contribution in [3.8, 4) is 0 Å². The molecule has 3 rings (SSSR count). The molecule has 128 valence electrons. The first-order valence-electron chi connectivity index (χ1n) is 7.20. The summed E-state index contributed by atoms with van der Waals surface area (Å²) in [5, 5.41) is 11.3. The Morgan fingerprint density at radius 1 is 1.21 bits per heavy atom. The molecule has 0 saturated heterocycles. The lowest BCUT2D eigenvalue weighted by Gasteiger charge is -2.10. The van der Waals surface area contributed by atoms with Crippen LogP contribution in [-0.4, -0.2) is 32.2 Å². The molecular formula is C15H19ClIN7. The maximum Gasteiger partial charge on any atom is 0.191 e. The van der Waals surface area contributed by atoms with Gasteiger partial charge in [-0.15, -0.1) is 24.0 Å². The van der Waals surface area contributed by atoms with Gasteiger partial charge in [0.2, 0.25) is 0 Å². The predicted molar refractivity (Wildman–Crippen MR) is 106 cm³/mol. The number of nitrogens with one attached hydrogen (secondary N) is 2. The second-order valence-corrected chi connectivity index (χ2v) is 5.51. The van der Waals surface area contributed by atoms with E-state index in [1.807, 2.05) is 46.7 Å². The monoisotopic (exact) mass is 459 g/mol. The lowest BCUT2D eigenvalue weighted by molar-refractivity contribution is 0.684. The molecule has 0 amide bonds. The highest BCUT2D eigenvalue weighted by Gasteiger charge is 2.05. The molecule has 0 atom stereocenters. The third kappa shape index (κ3) is 4.38. The molecule has 3 aromatic heterocycles. The van der Waals surface area contributed by atoms with Crippen LogP contribution in [-0.2, 0) is 20.1 Å². The Morgan fingerprint density at radius 2 is 2.00 bits per heavy atom. The molecule has 0 radical (unpaired) electrons. The van der Waals surface area contributed by atoms with Crippen molar-refractivity contribution >= 4 is 47.2 Å². The lowest BCUT2D eigenvalue weighted by atomic mass is 10.4.